The van der Waals surface area contributed by atoms with Crippen LogP contribution in [0.5, 0.6) is 0 Å². The molecule has 0 spiro atoms. The summed E-state index contributed by atoms with van der Waals surface area (Å²) in [6.07, 6.45) is 13.5. The summed E-state index contributed by atoms with van der Waals surface area (Å²) in [6.45, 7) is 0. The molecule has 3 heteroatoms. The monoisotopic (exact) mass is 573 g/mol. The third-order valence-corrected chi connectivity index (χ3v) is 4.90. The quantitative estimate of drug-likeness (QED) is 0.123. The van der Waals surface area contributed by atoms with Gasteiger partial charge < -0.3 is 0 Å². The summed E-state index contributed by atoms with van der Waals surface area (Å²) in [5, 5.41) is 0. The molecule has 0 saturated carbocycles. The van der Waals surface area contributed by atoms with E-state index in [0.29, 0.717) is 0 Å². The summed E-state index contributed by atoms with van der Waals surface area (Å²) >= 11 is 0. The molecule has 0 unspecified atom stereocenters. The average molecular weight is 574 g/mol. The van der Waals surface area contributed by atoms with Crippen LogP contribution in [0.4, 0.5) is 0 Å². The molecule has 2 nitrogen and oxygen atoms in total. The Labute approximate surface area is 233 Å². The Morgan fingerprint density at radius 3 is 1.00 bits per heavy atom. The Kier molecular flexibility index (Phi) is 13.6. The maximum atomic E-state index is 11.6. The van der Waals surface area contributed by atoms with Gasteiger partial charge in [0.25, 0.3) is 0 Å². The third kappa shape index (κ3) is 12.4. The Balaban J connectivity index is 0.000000253. The number of hydrogen-bond acceptors (Lipinski definition) is 2. The van der Waals surface area contributed by atoms with Crippen LogP contribution >= 0.6 is 0 Å². The van der Waals surface area contributed by atoms with Crippen molar-refractivity contribution in [3.8, 4) is 0 Å². The van der Waals surface area contributed by atoms with Crippen molar-refractivity contribution in [2.24, 2.45) is 0 Å². The number of ketones is 2. The summed E-state index contributed by atoms with van der Waals surface area (Å²) in [5.41, 5.74) is 4.07. The fourth-order valence-corrected chi connectivity index (χ4v) is 3.03. The van der Waals surface area contributed by atoms with E-state index in [0.717, 1.165) is 22.3 Å². The zero-order chi connectivity index (χ0) is 25.3. The van der Waals surface area contributed by atoms with Crippen LogP contribution in [0.1, 0.15) is 22.3 Å². The van der Waals surface area contributed by atoms with Crippen LogP contribution in [0.2, 0.25) is 0 Å². The van der Waals surface area contributed by atoms with Crippen molar-refractivity contribution < 1.29 is 30.0 Å². The molecule has 0 N–H and O–H groups in total. The summed E-state index contributed by atoms with van der Waals surface area (Å²) in [4.78, 5) is 23.2. The van der Waals surface area contributed by atoms with Gasteiger partial charge in [-0.3, -0.25) is 9.59 Å². The molecule has 37 heavy (non-hydrogen) atoms. The molecule has 0 saturated heterocycles. The summed E-state index contributed by atoms with van der Waals surface area (Å²) in [5.74, 6) is -0.0330. The Hall–Kier alpha value is -4.16. The van der Waals surface area contributed by atoms with Gasteiger partial charge in [-0.15, -0.1) is 5.56 Å². The van der Waals surface area contributed by atoms with Crippen LogP contribution in [-0.2, 0) is 30.0 Å². The minimum Gasteiger partial charge on any atom is -0.290 e. The van der Waals surface area contributed by atoms with Crippen molar-refractivity contribution in [2.75, 3.05) is 0 Å². The van der Waals surface area contributed by atoms with Crippen LogP contribution in [-0.4, -0.2) is 11.6 Å². The van der Waals surface area contributed by atoms with Crippen molar-refractivity contribution in [1.29, 1.82) is 0 Å². The topological polar surface area (TPSA) is 34.1 Å². The minimum atomic E-state index is -0.0216. The molecule has 4 aromatic rings. The van der Waals surface area contributed by atoms with Crippen molar-refractivity contribution in [3.05, 3.63) is 168 Å². The first-order valence-electron chi connectivity index (χ1n) is 11.6. The van der Waals surface area contributed by atoms with Gasteiger partial charge in [0.15, 0.2) is 11.6 Å². The van der Waals surface area contributed by atoms with Gasteiger partial charge in [-0.25, -0.2) is 0 Å². The Bertz CT molecular complexity index is 1110. The summed E-state index contributed by atoms with van der Waals surface area (Å²) in [6, 6.07) is 39.7. The van der Waals surface area contributed by atoms with Crippen LogP contribution in [0.3, 0.4) is 0 Å². The van der Waals surface area contributed by atoms with Crippen molar-refractivity contribution >= 4 is 35.9 Å². The first-order valence-corrected chi connectivity index (χ1v) is 11.6. The van der Waals surface area contributed by atoms with Crippen LogP contribution in [0.15, 0.2) is 140 Å². The second-order valence-corrected chi connectivity index (χ2v) is 7.70. The number of carbonyl (C=O) groups excluding carboxylic acids is 2. The first kappa shape index (κ1) is 29.1. The molecule has 0 bridgehead atoms. The molecule has 0 aliphatic rings. The van der Waals surface area contributed by atoms with Gasteiger partial charge >= 0.3 is 0 Å². The Morgan fingerprint density at radius 1 is 0.432 bits per heavy atom. The average Bonchev–Trinajstić information content (AvgIpc) is 2.95. The molecule has 0 atom stereocenters. The number of hydrogen-bond donors (Lipinski definition) is 0. The van der Waals surface area contributed by atoms with Crippen LogP contribution in [0.25, 0.3) is 24.3 Å². The van der Waals surface area contributed by atoms with E-state index in [4.69, 9.17) is 0 Å². The van der Waals surface area contributed by atoms with Gasteiger partial charge in [0, 0.05) is 20.4 Å². The van der Waals surface area contributed by atoms with E-state index in [9.17, 15) is 9.59 Å². The normalized spacial score (nSPS) is 10.8. The number of benzene rings is 4. The second-order valence-electron chi connectivity index (χ2n) is 7.70. The predicted octanol–water partition coefficient (Wildman–Crippen LogP) is 7.76. The molecular weight excluding hydrogens is 547 g/mol. The molecule has 0 amide bonds. The van der Waals surface area contributed by atoms with Crippen LogP contribution < -0.4 is 0 Å². The molecule has 0 heterocycles. The smallest absolute Gasteiger partial charge is 0.178 e. The molecule has 0 radical (unpaired) electrons. The van der Waals surface area contributed by atoms with Gasteiger partial charge in [-0.2, -0.15) is 30.3 Å². The second kappa shape index (κ2) is 17.3. The SMILES string of the molecule is O=C(C=Cc1cc[c-]cc1)C=Cc1ccccc1.O=C(C=Cc1ccccc1)C=Cc1ccccc1.[Pd]. The third-order valence-electron chi connectivity index (χ3n) is 4.90. The van der Waals surface area contributed by atoms with Crippen LogP contribution in [0, 0.1) is 6.07 Å². The molecule has 0 aromatic heterocycles. The summed E-state index contributed by atoms with van der Waals surface area (Å²) < 4.78 is 0. The molecule has 186 valence electrons. The number of carbonyl (C=O) groups is 2. The van der Waals surface area contributed by atoms with E-state index in [1.54, 1.807) is 30.4 Å². The molecule has 0 fully saturated rings. The van der Waals surface area contributed by atoms with Gasteiger partial charge in [0.1, 0.15) is 0 Å². The zero-order valence-electron chi connectivity index (χ0n) is 20.2. The Morgan fingerprint density at radius 2 is 0.703 bits per heavy atom. The van der Waals surface area contributed by atoms with E-state index >= 15 is 0 Å². The molecular formula is C34H27O2Pd-. The van der Waals surface area contributed by atoms with E-state index < -0.39 is 0 Å². The van der Waals surface area contributed by atoms with Gasteiger partial charge in [-0.1, -0.05) is 115 Å². The zero-order valence-corrected chi connectivity index (χ0v) is 21.8. The number of rotatable bonds is 8. The number of allylic oxidation sites excluding steroid dienone is 4. The largest absolute Gasteiger partial charge is 0.290 e. The van der Waals surface area contributed by atoms with Gasteiger partial charge in [0.2, 0.25) is 0 Å². The van der Waals surface area contributed by atoms with Crippen molar-refractivity contribution in [3.63, 3.8) is 0 Å². The van der Waals surface area contributed by atoms with E-state index in [2.05, 4.69) is 6.07 Å². The molecule has 4 rings (SSSR count). The van der Waals surface area contributed by atoms with E-state index in [1.807, 2.05) is 133 Å². The van der Waals surface area contributed by atoms with Gasteiger partial charge in [-0.05, 0) is 41.0 Å². The van der Waals surface area contributed by atoms with Crippen molar-refractivity contribution in [2.45, 2.75) is 0 Å². The van der Waals surface area contributed by atoms with E-state index in [1.165, 1.54) is 0 Å². The van der Waals surface area contributed by atoms with Crippen molar-refractivity contribution in [1.82, 2.24) is 0 Å². The van der Waals surface area contributed by atoms with E-state index in [-0.39, 0.29) is 32.0 Å². The maximum Gasteiger partial charge on any atom is 0.178 e. The molecule has 4 aromatic carbocycles. The maximum absolute atomic E-state index is 11.6. The standard InChI is InChI=1S/C17H14O.C17H13O.Pd/c2*18-17(13-11-15-7-3-1-4-8-15)14-12-16-9-5-2-6-10-16;/h1-14H;1,3-14H;/q;-1;. The molecule has 0 aliphatic carbocycles. The fraction of sp³-hybridized carbons (Fsp3) is 0. The van der Waals surface area contributed by atoms with Gasteiger partial charge in [0.05, 0.1) is 0 Å². The summed E-state index contributed by atoms with van der Waals surface area (Å²) in [7, 11) is 0. The first-order chi connectivity index (χ1) is 17.7. The molecule has 0 aliphatic heterocycles. The minimum absolute atomic E-state index is 0. The fourth-order valence-electron chi connectivity index (χ4n) is 3.03. The predicted molar refractivity (Wildman–Crippen MR) is 151 cm³/mol.